The van der Waals surface area contributed by atoms with E-state index in [1.54, 1.807) is 36.1 Å². The van der Waals surface area contributed by atoms with E-state index in [1.165, 1.54) is 0 Å². The average Bonchev–Trinajstić information content (AvgIpc) is 2.46. The normalized spacial score (nSPS) is 23.0. The van der Waals surface area contributed by atoms with Gasteiger partial charge in [0, 0.05) is 17.6 Å². The molecule has 1 heterocycles. The molecule has 1 aromatic rings. The Morgan fingerprint density at radius 1 is 1.23 bits per heavy atom. The van der Waals surface area contributed by atoms with Crippen LogP contribution in [-0.2, 0) is 14.3 Å². The first-order chi connectivity index (χ1) is 10.4. The zero-order valence-electron chi connectivity index (χ0n) is 12.9. The van der Waals surface area contributed by atoms with E-state index in [1.807, 2.05) is 13.8 Å². The zero-order chi connectivity index (χ0) is 16.3. The number of morpholine rings is 1. The van der Waals surface area contributed by atoms with Crippen molar-refractivity contribution >= 4 is 27.8 Å². The number of hydrogen-bond acceptors (Lipinski definition) is 4. The molecule has 6 heteroatoms. The fourth-order valence-electron chi connectivity index (χ4n) is 2.48. The highest BCUT2D eigenvalue weighted by atomic mass is 79.9. The maximum absolute atomic E-state index is 12.4. The molecule has 5 nitrogen and oxygen atoms in total. The number of benzene rings is 1. The largest absolute Gasteiger partial charge is 0.449 e. The Labute approximate surface area is 138 Å². The highest BCUT2D eigenvalue weighted by Gasteiger charge is 2.30. The van der Waals surface area contributed by atoms with Crippen LogP contribution in [0.2, 0.25) is 0 Å². The van der Waals surface area contributed by atoms with Gasteiger partial charge in [-0.05, 0) is 45.0 Å². The Balaban J connectivity index is 1.96. The second kappa shape index (κ2) is 7.24. The lowest BCUT2D eigenvalue weighted by Gasteiger charge is -2.36. The van der Waals surface area contributed by atoms with Gasteiger partial charge in [-0.15, -0.1) is 0 Å². The van der Waals surface area contributed by atoms with Gasteiger partial charge in [0.2, 0.25) is 0 Å². The molecule has 0 spiro atoms. The fourth-order valence-corrected chi connectivity index (χ4v) is 2.74. The van der Waals surface area contributed by atoms with Gasteiger partial charge >= 0.3 is 5.97 Å². The molecule has 0 aliphatic carbocycles. The third kappa shape index (κ3) is 4.30. The standard InChI is InChI=1S/C16H20BrNO4/c1-10-8-18(9-11(2)21-10)15(19)12(3)22-16(20)13-4-6-14(17)7-5-13/h4-7,10-12H,8-9H2,1-3H3. The summed E-state index contributed by atoms with van der Waals surface area (Å²) in [5.74, 6) is -0.685. The lowest BCUT2D eigenvalue weighted by atomic mass is 10.2. The van der Waals surface area contributed by atoms with Gasteiger partial charge in [-0.1, -0.05) is 15.9 Å². The van der Waals surface area contributed by atoms with E-state index in [-0.39, 0.29) is 18.1 Å². The van der Waals surface area contributed by atoms with Crippen LogP contribution in [0.3, 0.4) is 0 Å². The number of esters is 1. The van der Waals surface area contributed by atoms with Crippen molar-refractivity contribution in [2.75, 3.05) is 13.1 Å². The smallest absolute Gasteiger partial charge is 0.338 e. The SMILES string of the molecule is CC1CN(C(=O)C(C)OC(=O)c2ccc(Br)cc2)CC(C)O1. The molecular weight excluding hydrogens is 350 g/mol. The second-order valence-corrected chi connectivity index (χ2v) is 6.47. The first kappa shape index (κ1) is 17.0. The molecule has 0 radical (unpaired) electrons. The molecule has 0 bridgehead atoms. The van der Waals surface area contributed by atoms with Crippen LogP contribution in [0.1, 0.15) is 31.1 Å². The summed E-state index contributed by atoms with van der Waals surface area (Å²) in [6, 6.07) is 6.83. The number of amides is 1. The van der Waals surface area contributed by atoms with Crippen molar-refractivity contribution in [3.8, 4) is 0 Å². The monoisotopic (exact) mass is 369 g/mol. The molecule has 22 heavy (non-hydrogen) atoms. The van der Waals surface area contributed by atoms with Gasteiger partial charge in [0.1, 0.15) is 0 Å². The van der Waals surface area contributed by atoms with Gasteiger partial charge in [-0.25, -0.2) is 4.79 Å². The minimum Gasteiger partial charge on any atom is -0.449 e. The summed E-state index contributed by atoms with van der Waals surface area (Å²) < 4.78 is 11.8. The van der Waals surface area contributed by atoms with Crippen molar-refractivity contribution < 1.29 is 19.1 Å². The Kier molecular flexibility index (Phi) is 5.58. The van der Waals surface area contributed by atoms with Crippen molar-refractivity contribution in [2.24, 2.45) is 0 Å². The topological polar surface area (TPSA) is 55.8 Å². The van der Waals surface area contributed by atoms with Gasteiger partial charge in [0.25, 0.3) is 5.91 Å². The van der Waals surface area contributed by atoms with Crippen LogP contribution in [0.5, 0.6) is 0 Å². The number of ether oxygens (including phenoxy) is 2. The van der Waals surface area contributed by atoms with E-state index >= 15 is 0 Å². The number of rotatable bonds is 3. The number of hydrogen-bond donors (Lipinski definition) is 0. The van der Waals surface area contributed by atoms with Gasteiger partial charge in [0.15, 0.2) is 6.10 Å². The van der Waals surface area contributed by atoms with Crippen molar-refractivity contribution in [3.05, 3.63) is 34.3 Å². The molecule has 0 saturated carbocycles. The minimum absolute atomic E-state index is 0.0120. The first-order valence-electron chi connectivity index (χ1n) is 7.27. The number of carbonyl (C=O) groups is 2. The van der Waals surface area contributed by atoms with Crippen LogP contribution < -0.4 is 0 Å². The third-order valence-corrected chi connectivity index (χ3v) is 3.97. The van der Waals surface area contributed by atoms with Gasteiger partial charge < -0.3 is 14.4 Å². The van der Waals surface area contributed by atoms with Gasteiger partial charge in [-0.3, -0.25) is 4.79 Å². The predicted molar refractivity (Wildman–Crippen MR) is 85.6 cm³/mol. The van der Waals surface area contributed by atoms with Crippen LogP contribution in [0.4, 0.5) is 0 Å². The van der Waals surface area contributed by atoms with Gasteiger partial charge in [0.05, 0.1) is 17.8 Å². The molecule has 1 aliphatic heterocycles. The molecule has 0 aromatic heterocycles. The van der Waals surface area contributed by atoms with Crippen molar-refractivity contribution in [3.63, 3.8) is 0 Å². The van der Waals surface area contributed by atoms with E-state index in [4.69, 9.17) is 9.47 Å². The Morgan fingerprint density at radius 2 is 1.77 bits per heavy atom. The summed E-state index contributed by atoms with van der Waals surface area (Å²) in [5.41, 5.74) is 0.423. The predicted octanol–water partition coefficient (Wildman–Crippen LogP) is 2.63. The Bertz CT molecular complexity index is 536. The third-order valence-electron chi connectivity index (χ3n) is 3.44. The summed E-state index contributed by atoms with van der Waals surface area (Å²) in [5, 5.41) is 0. The van der Waals surface area contributed by atoms with E-state index in [0.29, 0.717) is 18.7 Å². The van der Waals surface area contributed by atoms with E-state index in [2.05, 4.69) is 15.9 Å². The van der Waals surface area contributed by atoms with E-state index < -0.39 is 12.1 Å². The molecular formula is C16H20BrNO4. The maximum Gasteiger partial charge on any atom is 0.338 e. The molecule has 0 N–H and O–H groups in total. The van der Waals surface area contributed by atoms with E-state index in [0.717, 1.165) is 4.47 Å². The Morgan fingerprint density at radius 3 is 2.32 bits per heavy atom. The van der Waals surface area contributed by atoms with Crippen molar-refractivity contribution in [1.29, 1.82) is 0 Å². The second-order valence-electron chi connectivity index (χ2n) is 5.55. The molecule has 1 saturated heterocycles. The quantitative estimate of drug-likeness (QED) is 0.768. The number of carbonyl (C=O) groups excluding carboxylic acids is 2. The molecule has 1 fully saturated rings. The summed E-state index contributed by atoms with van der Waals surface area (Å²) in [6.45, 7) is 6.49. The first-order valence-corrected chi connectivity index (χ1v) is 8.07. The summed E-state index contributed by atoms with van der Waals surface area (Å²) in [7, 11) is 0. The summed E-state index contributed by atoms with van der Waals surface area (Å²) in [6.07, 6.45) is -0.835. The molecule has 3 atom stereocenters. The fraction of sp³-hybridized carbons (Fsp3) is 0.500. The van der Waals surface area contributed by atoms with Crippen molar-refractivity contribution in [1.82, 2.24) is 4.90 Å². The number of nitrogens with zero attached hydrogens (tertiary/aromatic N) is 1. The molecule has 3 unspecified atom stereocenters. The lowest BCUT2D eigenvalue weighted by molar-refractivity contribution is -0.151. The molecule has 120 valence electrons. The van der Waals surface area contributed by atoms with E-state index in [9.17, 15) is 9.59 Å². The molecule has 2 rings (SSSR count). The highest BCUT2D eigenvalue weighted by molar-refractivity contribution is 9.10. The molecule has 1 amide bonds. The Hall–Kier alpha value is -1.40. The maximum atomic E-state index is 12.4. The summed E-state index contributed by atoms with van der Waals surface area (Å²) in [4.78, 5) is 26.1. The van der Waals surface area contributed by atoms with Crippen LogP contribution in [-0.4, -0.2) is 48.2 Å². The van der Waals surface area contributed by atoms with Crippen LogP contribution in [0.15, 0.2) is 28.7 Å². The molecule has 1 aromatic carbocycles. The van der Waals surface area contributed by atoms with Crippen LogP contribution >= 0.6 is 15.9 Å². The number of halogens is 1. The van der Waals surface area contributed by atoms with Gasteiger partial charge in [-0.2, -0.15) is 0 Å². The summed E-state index contributed by atoms with van der Waals surface area (Å²) >= 11 is 3.31. The van der Waals surface area contributed by atoms with Crippen LogP contribution in [0, 0.1) is 0 Å². The zero-order valence-corrected chi connectivity index (χ0v) is 14.5. The van der Waals surface area contributed by atoms with Crippen molar-refractivity contribution in [2.45, 2.75) is 39.1 Å². The average molecular weight is 370 g/mol. The molecule has 1 aliphatic rings. The lowest BCUT2D eigenvalue weighted by Crippen LogP contribution is -2.51. The minimum atomic E-state index is -0.811. The highest BCUT2D eigenvalue weighted by Crippen LogP contribution is 2.15. The van der Waals surface area contributed by atoms with Crippen LogP contribution in [0.25, 0.3) is 0 Å².